The number of rotatable bonds is 4. The lowest BCUT2D eigenvalue weighted by Crippen LogP contribution is -2.64. The second-order valence-corrected chi connectivity index (χ2v) is 8.33. The molecule has 1 fully saturated rings. The van der Waals surface area contributed by atoms with Crippen LogP contribution >= 0.6 is 11.8 Å². The molecular weight excluding hydrogens is 394 g/mol. The summed E-state index contributed by atoms with van der Waals surface area (Å²) in [5.74, 6) is -1.08. The molecule has 2 amide bonds. The van der Waals surface area contributed by atoms with E-state index in [-0.39, 0.29) is 11.1 Å². The van der Waals surface area contributed by atoms with E-state index in [1.54, 1.807) is 24.3 Å². The number of amides is 2. The van der Waals surface area contributed by atoms with Crippen LogP contribution in [0.3, 0.4) is 0 Å². The van der Waals surface area contributed by atoms with Crippen LogP contribution in [0.25, 0.3) is 0 Å². The van der Waals surface area contributed by atoms with Crippen molar-refractivity contribution < 1.29 is 29.6 Å². The smallest absolute Gasteiger partial charge is 0.262 e. The Hall–Kier alpha value is -2.23. The van der Waals surface area contributed by atoms with E-state index in [4.69, 9.17) is 4.74 Å². The van der Waals surface area contributed by atoms with Gasteiger partial charge in [0.2, 0.25) is 0 Å². The Kier molecular flexibility index (Phi) is 5.46. The van der Waals surface area contributed by atoms with Gasteiger partial charge in [0, 0.05) is 4.90 Å². The van der Waals surface area contributed by atoms with E-state index < -0.39 is 48.2 Å². The van der Waals surface area contributed by atoms with Crippen LogP contribution in [-0.2, 0) is 4.74 Å². The third-order valence-electron chi connectivity index (χ3n) is 5.25. The van der Waals surface area contributed by atoms with Gasteiger partial charge >= 0.3 is 0 Å². The number of ether oxygens (including phenoxy) is 1. The maximum Gasteiger partial charge on any atom is 0.262 e. The molecule has 152 valence electrons. The van der Waals surface area contributed by atoms with Crippen molar-refractivity contribution in [3.8, 4) is 0 Å². The highest BCUT2D eigenvalue weighted by atomic mass is 32.2. The fourth-order valence-electron chi connectivity index (χ4n) is 3.67. The Bertz CT molecular complexity index is 898. The molecule has 0 radical (unpaired) electrons. The lowest BCUT2D eigenvalue weighted by molar-refractivity contribution is -0.181. The minimum Gasteiger partial charge on any atom is -0.394 e. The highest BCUT2D eigenvalue weighted by molar-refractivity contribution is 7.99. The molecular formula is C21H21NO6S. The Labute approximate surface area is 171 Å². The summed E-state index contributed by atoms with van der Waals surface area (Å²) < 4.78 is 5.83. The molecule has 5 atom stereocenters. The van der Waals surface area contributed by atoms with Gasteiger partial charge in [-0.2, -0.15) is 0 Å². The predicted molar refractivity (Wildman–Crippen MR) is 106 cm³/mol. The van der Waals surface area contributed by atoms with Crippen LogP contribution in [0.4, 0.5) is 0 Å². The minimum absolute atomic E-state index is 0.252. The summed E-state index contributed by atoms with van der Waals surface area (Å²) in [6, 6.07) is 12.9. The average molecular weight is 415 g/mol. The Morgan fingerprint density at radius 1 is 0.966 bits per heavy atom. The zero-order valence-electron chi connectivity index (χ0n) is 15.6. The summed E-state index contributed by atoms with van der Waals surface area (Å²) in [6.07, 6.45) is -3.94. The molecule has 29 heavy (non-hydrogen) atoms. The normalized spacial score (nSPS) is 29.2. The fraction of sp³-hybridized carbons (Fsp3) is 0.333. The van der Waals surface area contributed by atoms with Gasteiger partial charge in [0.05, 0.1) is 17.7 Å². The first-order chi connectivity index (χ1) is 13.9. The average Bonchev–Trinajstić information content (AvgIpc) is 2.97. The SMILES string of the molecule is Cc1ccc(S[C@@H]2O[C@H](CO)[C@@H](O)[C@H](O)[C@H]2N2C(=O)c3ccccc3C2=O)cc1. The molecule has 2 aliphatic heterocycles. The Morgan fingerprint density at radius 3 is 2.10 bits per heavy atom. The van der Waals surface area contributed by atoms with Crippen LogP contribution in [0.15, 0.2) is 53.4 Å². The molecule has 2 aromatic carbocycles. The van der Waals surface area contributed by atoms with Gasteiger partial charge in [-0.1, -0.05) is 41.6 Å². The van der Waals surface area contributed by atoms with E-state index in [1.807, 2.05) is 31.2 Å². The maximum atomic E-state index is 13.0. The molecule has 3 N–H and O–H groups in total. The second-order valence-electron chi connectivity index (χ2n) is 7.15. The number of aryl methyl sites for hydroxylation is 1. The summed E-state index contributed by atoms with van der Waals surface area (Å²) in [5, 5.41) is 30.7. The highest BCUT2D eigenvalue weighted by Crippen LogP contribution is 2.38. The molecule has 0 saturated carbocycles. The third kappa shape index (κ3) is 3.47. The monoisotopic (exact) mass is 415 g/mol. The van der Waals surface area contributed by atoms with Gasteiger partial charge < -0.3 is 20.1 Å². The van der Waals surface area contributed by atoms with Crippen LogP contribution < -0.4 is 0 Å². The summed E-state index contributed by atoms with van der Waals surface area (Å²) in [7, 11) is 0. The fourth-order valence-corrected chi connectivity index (χ4v) is 4.85. The standard InChI is InChI=1S/C21H21NO6S/c1-11-6-8-12(9-7-11)29-21-16(18(25)17(24)15(10-23)28-21)22-19(26)13-4-2-3-5-14(13)20(22)27/h2-9,15-18,21,23-25H,10H2,1H3/t15-,16-,17-,18-,21+/m1/s1. The molecule has 0 aliphatic carbocycles. The number of fused-ring (bicyclic) bond motifs is 1. The van der Waals surface area contributed by atoms with Crippen molar-refractivity contribution in [2.24, 2.45) is 0 Å². The van der Waals surface area contributed by atoms with Gasteiger partial charge in [-0.25, -0.2) is 0 Å². The number of carbonyl (C=O) groups excluding carboxylic acids is 2. The lowest BCUT2D eigenvalue weighted by Gasteiger charge is -2.44. The zero-order chi connectivity index (χ0) is 20.7. The third-order valence-corrected chi connectivity index (χ3v) is 6.41. The number of hydrogen-bond donors (Lipinski definition) is 3. The molecule has 0 bridgehead atoms. The zero-order valence-corrected chi connectivity index (χ0v) is 16.5. The van der Waals surface area contributed by atoms with Crippen LogP contribution in [-0.4, -0.2) is 68.4 Å². The summed E-state index contributed by atoms with van der Waals surface area (Å²) in [5.41, 5.74) is 0.708. The number of imide groups is 1. The van der Waals surface area contributed by atoms with Gasteiger partial charge in [0.1, 0.15) is 29.8 Å². The summed E-state index contributed by atoms with van der Waals surface area (Å²) >= 11 is 1.23. The van der Waals surface area contributed by atoms with E-state index in [1.165, 1.54) is 11.8 Å². The van der Waals surface area contributed by atoms with Crippen LogP contribution in [0.1, 0.15) is 26.3 Å². The Morgan fingerprint density at radius 2 is 1.55 bits per heavy atom. The first kappa shape index (κ1) is 20.1. The van der Waals surface area contributed by atoms with Crippen LogP contribution in [0.5, 0.6) is 0 Å². The molecule has 0 unspecified atom stereocenters. The van der Waals surface area contributed by atoms with E-state index in [0.717, 1.165) is 15.4 Å². The van der Waals surface area contributed by atoms with Crippen molar-refractivity contribution in [1.82, 2.24) is 4.90 Å². The highest BCUT2D eigenvalue weighted by Gasteiger charge is 2.52. The minimum atomic E-state index is -1.47. The number of benzene rings is 2. The quantitative estimate of drug-likeness (QED) is 0.644. The van der Waals surface area contributed by atoms with Crippen molar-refractivity contribution in [3.63, 3.8) is 0 Å². The number of carbonyl (C=O) groups is 2. The van der Waals surface area contributed by atoms with Gasteiger partial charge in [-0.05, 0) is 31.2 Å². The summed E-state index contributed by atoms with van der Waals surface area (Å²) in [4.78, 5) is 27.7. The van der Waals surface area contributed by atoms with Gasteiger partial charge in [-0.3, -0.25) is 14.5 Å². The van der Waals surface area contributed by atoms with Gasteiger partial charge in [0.25, 0.3) is 11.8 Å². The molecule has 4 rings (SSSR count). The first-order valence-electron chi connectivity index (χ1n) is 9.25. The number of thioether (sulfide) groups is 1. The van der Waals surface area contributed by atoms with Crippen molar-refractivity contribution in [2.45, 2.75) is 41.6 Å². The van der Waals surface area contributed by atoms with Crippen molar-refractivity contribution in [2.75, 3.05) is 6.61 Å². The lowest BCUT2D eigenvalue weighted by atomic mass is 9.97. The number of hydrogen-bond acceptors (Lipinski definition) is 7. The van der Waals surface area contributed by atoms with Crippen molar-refractivity contribution in [1.29, 1.82) is 0 Å². The van der Waals surface area contributed by atoms with E-state index in [2.05, 4.69) is 0 Å². The van der Waals surface area contributed by atoms with Gasteiger partial charge in [-0.15, -0.1) is 0 Å². The largest absolute Gasteiger partial charge is 0.394 e. The Balaban J connectivity index is 1.70. The van der Waals surface area contributed by atoms with Crippen LogP contribution in [0.2, 0.25) is 0 Å². The molecule has 2 aromatic rings. The topological polar surface area (TPSA) is 107 Å². The number of aliphatic hydroxyl groups excluding tert-OH is 3. The molecule has 0 aromatic heterocycles. The second kappa shape index (κ2) is 7.89. The molecule has 7 nitrogen and oxygen atoms in total. The molecule has 2 aliphatic rings. The number of nitrogens with zero attached hydrogens (tertiary/aromatic N) is 1. The molecule has 8 heteroatoms. The number of aliphatic hydroxyl groups is 3. The van der Waals surface area contributed by atoms with Crippen LogP contribution in [0, 0.1) is 6.92 Å². The van der Waals surface area contributed by atoms with E-state index in [9.17, 15) is 24.9 Å². The van der Waals surface area contributed by atoms with E-state index in [0.29, 0.717) is 0 Å². The van der Waals surface area contributed by atoms with Gasteiger partial charge in [0.15, 0.2) is 0 Å². The van der Waals surface area contributed by atoms with E-state index >= 15 is 0 Å². The van der Waals surface area contributed by atoms with Crippen molar-refractivity contribution >= 4 is 23.6 Å². The predicted octanol–water partition coefficient (Wildman–Crippen LogP) is 1.19. The first-order valence-corrected chi connectivity index (χ1v) is 10.1. The molecule has 2 heterocycles. The molecule has 1 saturated heterocycles. The maximum absolute atomic E-state index is 13.0. The summed E-state index contributed by atoms with van der Waals surface area (Å²) in [6.45, 7) is 1.45. The van der Waals surface area contributed by atoms with Crippen molar-refractivity contribution in [3.05, 3.63) is 65.2 Å². The molecule has 0 spiro atoms.